The number of nitrogens with zero attached hydrogens (tertiary/aromatic N) is 3. The number of hydrogen-bond donors (Lipinski definition) is 1. The van der Waals surface area contributed by atoms with Crippen molar-refractivity contribution in [1.29, 1.82) is 0 Å². The van der Waals surface area contributed by atoms with Crippen molar-refractivity contribution >= 4 is 23.2 Å². The number of pyridine rings is 1. The Hall–Kier alpha value is -1.62. The van der Waals surface area contributed by atoms with Gasteiger partial charge in [0, 0.05) is 6.20 Å². The smallest absolute Gasteiger partial charge is 0.374 e. The number of carbonyl (C=O) groups is 1. The highest BCUT2D eigenvalue weighted by molar-refractivity contribution is 6.30. The van der Waals surface area contributed by atoms with Gasteiger partial charge in [0.15, 0.2) is 5.65 Å². The summed E-state index contributed by atoms with van der Waals surface area (Å²) in [7, 11) is 0. The maximum atomic E-state index is 10.6. The molecule has 13 heavy (non-hydrogen) atoms. The quantitative estimate of drug-likeness (QED) is 0.743. The highest BCUT2D eigenvalue weighted by Gasteiger charge is 2.11. The molecule has 6 heteroatoms. The van der Waals surface area contributed by atoms with Crippen molar-refractivity contribution in [2.45, 2.75) is 0 Å². The molecule has 0 bridgehead atoms. The van der Waals surface area contributed by atoms with Gasteiger partial charge >= 0.3 is 5.97 Å². The Bertz CT molecular complexity index is 480. The van der Waals surface area contributed by atoms with Crippen LogP contribution >= 0.6 is 11.6 Å². The van der Waals surface area contributed by atoms with Crippen LogP contribution in [0.1, 0.15) is 10.6 Å². The lowest BCUT2D eigenvalue weighted by atomic mass is 10.4. The Balaban J connectivity index is 2.79. The van der Waals surface area contributed by atoms with E-state index in [-0.39, 0.29) is 5.82 Å². The molecule has 2 aromatic heterocycles. The fraction of sp³-hybridized carbons (Fsp3) is 0. The molecule has 0 unspecified atom stereocenters. The Morgan fingerprint density at radius 2 is 2.23 bits per heavy atom. The topological polar surface area (TPSA) is 67.5 Å². The summed E-state index contributed by atoms with van der Waals surface area (Å²) in [5, 5.41) is 16.3. The largest absolute Gasteiger partial charge is 0.475 e. The van der Waals surface area contributed by atoms with Crippen molar-refractivity contribution < 1.29 is 9.90 Å². The monoisotopic (exact) mass is 197 g/mol. The first-order valence-corrected chi connectivity index (χ1v) is 3.80. The van der Waals surface area contributed by atoms with E-state index in [0.717, 1.165) is 0 Å². The van der Waals surface area contributed by atoms with Crippen LogP contribution in [0.5, 0.6) is 0 Å². The van der Waals surface area contributed by atoms with E-state index in [1.165, 1.54) is 10.6 Å². The number of halogens is 1. The molecule has 0 aliphatic carbocycles. The minimum absolute atomic E-state index is 0.141. The second-order valence-electron chi connectivity index (χ2n) is 2.40. The van der Waals surface area contributed by atoms with E-state index in [1.54, 1.807) is 12.1 Å². The van der Waals surface area contributed by atoms with E-state index < -0.39 is 5.97 Å². The van der Waals surface area contributed by atoms with Crippen molar-refractivity contribution in [3.8, 4) is 0 Å². The summed E-state index contributed by atoms with van der Waals surface area (Å²) < 4.78 is 1.32. The van der Waals surface area contributed by atoms with Gasteiger partial charge in [0.05, 0.1) is 5.02 Å². The lowest BCUT2D eigenvalue weighted by Crippen LogP contribution is -2.03. The number of fused-ring (bicyclic) bond motifs is 1. The standard InChI is InChI=1S/C7H4ClN3O2/c8-4-1-2-5-9-10-6(7(12)13)11(5)3-4/h1-3H,(H,12,13). The SMILES string of the molecule is O=C(O)c1nnc2ccc(Cl)cn12. The zero-order valence-corrected chi connectivity index (χ0v) is 7.06. The predicted octanol–water partition coefficient (Wildman–Crippen LogP) is 1.08. The van der Waals surface area contributed by atoms with Gasteiger partial charge in [0.2, 0.25) is 5.82 Å². The molecule has 66 valence electrons. The van der Waals surface area contributed by atoms with Crippen LogP contribution in [0, 0.1) is 0 Å². The third-order valence-electron chi connectivity index (χ3n) is 1.56. The highest BCUT2D eigenvalue weighted by atomic mass is 35.5. The maximum Gasteiger partial charge on any atom is 0.374 e. The molecule has 0 amide bonds. The normalized spacial score (nSPS) is 10.5. The molecule has 0 aromatic carbocycles. The molecule has 2 aromatic rings. The molecular formula is C7H4ClN3O2. The Labute approximate surface area is 77.6 Å². The summed E-state index contributed by atoms with van der Waals surface area (Å²) >= 11 is 5.68. The number of aromatic nitrogens is 3. The second kappa shape index (κ2) is 2.70. The minimum atomic E-state index is -1.13. The van der Waals surface area contributed by atoms with Crippen molar-refractivity contribution in [2.75, 3.05) is 0 Å². The molecule has 0 aliphatic heterocycles. The summed E-state index contributed by atoms with van der Waals surface area (Å²) in [5.74, 6) is -1.27. The Morgan fingerprint density at radius 3 is 2.92 bits per heavy atom. The van der Waals surface area contributed by atoms with Crippen LogP contribution in [-0.4, -0.2) is 25.7 Å². The van der Waals surface area contributed by atoms with Gasteiger partial charge in [-0.25, -0.2) is 4.79 Å². The zero-order valence-electron chi connectivity index (χ0n) is 6.31. The summed E-state index contributed by atoms with van der Waals surface area (Å²) in [6, 6.07) is 3.22. The molecule has 1 N–H and O–H groups in total. The number of aromatic carboxylic acids is 1. The average Bonchev–Trinajstić information content (AvgIpc) is 2.46. The van der Waals surface area contributed by atoms with Crippen molar-refractivity contribution in [2.24, 2.45) is 0 Å². The third-order valence-corrected chi connectivity index (χ3v) is 1.78. The second-order valence-corrected chi connectivity index (χ2v) is 2.84. The van der Waals surface area contributed by atoms with Gasteiger partial charge in [-0.1, -0.05) is 11.6 Å². The van der Waals surface area contributed by atoms with E-state index in [2.05, 4.69) is 10.2 Å². The predicted molar refractivity (Wildman–Crippen MR) is 45.0 cm³/mol. The molecule has 0 radical (unpaired) electrons. The van der Waals surface area contributed by atoms with Crippen molar-refractivity contribution in [3.05, 3.63) is 29.2 Å². The molecule has 0 spiro atoms. The summed E-state index contributed by atoms with van der Waals surface area (Å²) in [4.78, 5) is 10.6. The van der Waals surface area contributed by atoms with E-state index in [9.17, 15) is 4.79 Å². The fourth-order valence-corrected chi connectivity index (χ4v) is 1.17. The van der Waals surface area contributed by atoms with Gasteiger partial charge in [-0.15, -0.1) is 10.2 Å². The average molecular weight is 198 g/mol. The van der Waals surface area contributed by atoms with E-state index in [0.29, 0.717) is 10.7 Å². The van der Waals surface area contributed by atoms with Crippen LogP contribution in [0.4, 0.5) is 0 Å². The molecule has 0 atom stereocenters. The first-order chi connectivity index (χ1) is 6.18. The van der Waals surface area contributed by atoms with Crippen LogP contribution < -0.4 is 0 Å². The summed E-state index contributed by atoms with van der Waals surface area (Å²) in [5.41, 5.74) is 0.460. The Morgan fingerprint density at radius 1 is 1.46 bits per heavy atom. The summed E-state index contributed by atoms with van der Waals surface area (Å²) in [6.45, 7) is 0. The molecule has 0 aliphatic rings. The van der Waals surface area contributed by atoms with Gasteiger partial charge in [-0.3, -0.25) is 4.40 Å². The van der Waals surface area contributed by atoms with E-state index >= 15 is 0 Å². The number of carboxylic acid groups (broad SMARTS) is 1. The van der Waals surface area contributed by atoms with Gasteiger partial charge in [-0.05, 0) is 12.1 Å². The lowest BCUT2D eigenvalue weighted by molar-refractivity contribution is 0.0682. The van der Waals surface area contributed by atoms with E-state index in [4.69, 9.17) is 16.7 Å². The van der Waals surface area contributed by atoms with Crippen molar-refractivity contribution in [3.63, 3.8) is 0 Å². The maximum absolute atomic E-state index is 10.6. The van der Waals surface area contributed by atoms with Crippen molar-refractivity contribution in [1.82, 2.24) is 14.6 Å². The van der Waals surface area contributed by atoms with Crippen LogP contribution in [0.15, 0.2) is 18.3 Å². The number of rotatable bonds is 1. The van der Waals surface area contributed by atoms with Crippen LogP contribution in [0.25, 0.3) is 5.65 Å². The van der Waals surface area contributed by atoms with Gasteiger partial charge in [-0.2, -0.15) is 0 Å². The molecule has 5 nitrogen and oxygen atoms in total. The molecule has 0 fully saturated rings. The zero-order chi connectivity index (χ0) is 9.42. The van der Waals surface area contributed by atoms with Gasteiger partial charge in [0.25, 0.3) is 0 Å². The van der Waals surface area contributed by atoms with Crippen LogP contribution in [0.2, 0.25) is 5.02 Å². The van der Waals surface area contributed by atoms with E-state index in [1.807, 2.05) is 0 Å². The minimum Gasteiger partial charge on any atom is -0.475 e. The first kappa shape index (κ1) is 8.00. The van der Waals surface area contributed by atoms with Gasteiger partial charge < -0.3 is 5.11 Å². The third kappa shape index (κ3) is 1.23. The Kier molecular flexibility index (Phi) is 1.66. The molecule has 2 heterocycles. The van der Waals surface area contributed by atoms with Crippen LogP contribution in [-0.2, 0) is 0 Å². The first-order valence-electron chi connectivity index (χ1n) is 3.42. The van der Waals surface area contributed by atoms with Gasteiger partial charge in [0.1, 0.15) is 0 Å². The fourth-order valence-electron chi connectivity index (χ4n) is 1.01. The van der Waals surface area contributed by atoms with Crippen LogP contribution in [0.3, 0.4) is 0 Å². The summed E-state index contributed by atoms with van der Waals surface area (Å²) in [6.07, 6.45) is 1.46. The number of hydrogen-bond acceptors (Lipinski definition) is 3. The molecular weight excluding hydrogens is 194 g/mol. The molecule has 0 saturated heterocycles. The molecule has 2 rings (SSSR count). The molecule has 0 saturated carbocycles. The highest BCUT2D eigenvalue weighted by Crippen LogP contribution is 2.10. The number of carboxylic acids is 1. The lowest BCUT2D eigenvalue weighted by Gasteiger charge is -1.94.